The molecule has 10 heteroatoms. The average Bonchev–Trinajstić information content (AvgIpc) is 2.79. The van der Waals surface area contributed by atoms with Gasteiger partial charge < -0.3 is 19.1 Å². The molecule has 0 radical (unpaired) electrons. The Labute approximate surface area is 195 Å². The molecule has 1 amide bonds. The third kappa shape index (κ3) is 4.08. The van der Waals surface area contributed by atoms with Gasteiger partial charge in [0, 0.05) is 37.0 Å². The van der Waals surface area contributed by atoms with Gasteiger partial charge in [-0.05, 0) is 24.6 Å². The van der Waals surface area contributed by atoms with Crippen molar-refractivity contribution in [2.24, 2.45) is 0 Å². The zero-order valence-corrected chi connectivity index (χ0v) is 19.2. The van der Waals surface area contributed by atoms with Gasteiger partial charge in [-0.15, -0.1) is 0 Å². The maximum atomic E-state index is 13.2. The smallest absolute Gasteiger partial charge is 0.286 e. The van der Waals surface area contributed by atoms with E-state index in [-0.39, 0.29) is 35.0 Å². The van der Waals surface area contributed by atoms with Crippen LogP contribution in [0, 0.1) is 17.0 Å². The van der Waals surface area contributed by atoms with E-state index in [1.807, 2.05) is 6.92 Å². The Morgan fingerprint density at radius 2 is 1.79 bits per heavy atom. The van der Waals surface area contributed by atoms with Crippen LogP contribution in [0.25, 0.3) is 0 Å². The molecule has 2 aromatic carbocycles. The number of nitro groups is 1. The number of methoxy groups -OCH3 is 2. The van der Waals surface area contributed by atoms with E-state index in [9.17, 15) is 19.7 Å². The van der Waals surface area contributed by atoms with E-state index in [0.717, 1.165) is 5.56 Å². The highest BCUT2D eigenvalue weighted by Gasteiger charge is 2.44. The summed E-state index contributed by atoms with van der Waals surface area (Å²) in [5, 5.41) is 12.1. The standard InChI is InChI=1S/C23H23ClN2O7/c1-13-8-19-15(9-16(13)24)18(27)12-23(33-19)4-6-25(7-5-23)22(28)14-10-20(31-2)21(32-3)11-17(14)26(29)30/h8-11H,4-7,12H2,1-3H3. The second-order valence-corrected chi connectivity index (χ2v) is 8.66. The lowest BCUT2D eigenvalue weighted by Gasteiger charge is -2.44. The van der Waals surface area contributed by atoms with Crippen molar-refractivity contribution in [3.63, 3.8) is 0 Å². The number of rotatable bonds is 4. The normalized spacial score (nSPS) is 16.7. The van der Waals surface area contributed by atoms with E-state index in [2.05, 4.69) is 0 Å². The number of nitrogens with zero attached hydrogens (tertiary/aromatic N) is 2. The second kappa shape index (κ2) is 8.55. The molecule has 0 N–H and O–H groups in total. The van der Waals surface area contributed by atoms with Crippen LogP contribution >= 0.6 is 11.6 Å². The van der Waals surface area contributed by atoms with Gasteiger partial charge in [-0.3, -0.25) is 19.7 Å². The number of halogens is 1. The number of amides is 1. The van der Waals surface area contributed by atoms with Gasteiger partial charge in [0.2, 0.25) is 0 Å². The van der Waals surface area contributed by atoms with E-state index < -0.39 is 16.4 Å². The number of likely N-dealkylation sites (tertiary alicyclic amines) is 1. The lowest BCUT2D eigenvalue weighted by atomic mass is 9.82. The van der Waals surface area contributed by atoms with Crippen LogP contribution in [0.4, 0.5) is 5.69 Å². The fourth-order valence-corrected chi connectivity index (χ4v) is 4.54. The summed E-state index contributed by atoms with van der Waals surface area (Å²) in [7, 11) is 2.76. The first-order chi connectivity index (χ1) is 15.7. The summed E-state index contributed by atoms with van der Waals surface area (Å²) in [5.74, 6) is 0.368. The van der Waals surface area contributed by atoms with Crippen molar-refractivity contribution in [3.8, 4) is 17.2 Å². The van der Waals surface area contributed by atoms with Gasteiger partial charge in [-0.2, -0.15) is 0 Å². The number of carbonyl (C=O) groups excluding carboxylic acids is 2. The van der Waals surface area contributed by atoms with Gasteiger partial charge in [-0.1, -0.05) is 11.6 Å². The molecule has 2 aliphatic rings. The van der Waals surface area contributed by atoms with Crippen molar-refractivity contribution in [1.82, 2.24) is 4.90 Å². The number of aryl methyl sites for hydroxylation is 1. The number of fused-ring (bicyclic) bond motifs is 1. The molecule has 0 unspecified atom stereocenters. The number of hydrogen-bond donors (Lipinski definition) is 0. The fraction of sp³-hybridized carbons (Fsp3) is 0.391. The molecule has 0 atom stereocenters. The monoisotopic (exact) mass is 474 g/mol. The highest BCUT2D eigenvalue weighted by Crippen LogP contribution is 2.42. The zero-order valence-electron chi connectivity index (χ0n) is 18.5. The second-order valence-electron chi connectivity index (χ2n) is 8.26. The molecular formula is C23H23ClN2O7. The average molecular weight is 475 g/mol. The van der Waals surface area contributed by atoms with Crippen molar-refractivity contribution in [3.05, 3.63) is 56.1 Å². The first-order valence-electron chi connectivity index (χ1n) is 10.4. The van der Waals surface area contributed by atoms with Crippen LogP contribution in [0.15, 0.2) is 24.3 Å². The molecule has 0 bridgehead atoms. The highest BCUT2D eigenvalue weighted by molar-refractivity contribution is 6.31. The minimum Gasteiger partial charge on any atom is -0.493 e. The summed E-state index contributed by atoms with van der Waals surface area (Å²) in [4.78, 5) is 38.5. The predicted molar refractivity (Wildman–Crippen MR) is 120 cm³/mol. The Hall–Kier alpha value is -3.33. The summed E-state index contributed by atoms with van der Waals surface area (Å²) in [6.45, 7) is 2.42. The highest BCUT2D eigenvalue weighted by atomic mass is 35.5. The largest absolute Gasteiger partial charge is 0.493 e. The zero-order chi connectivity index (χ0) is 23.9. The Balaban J connectivity index is 1.56. The van der Waals surface area contributed by atoms with Crippen molar-refractivity contribution >= 4 is 29.0 Å². The van der Waals surface area contributed by atoms with Crippen LogP contribution in [-0.2, 0) is 0 Å². The van der Waals surface area contributed by atoms with Gasteiger partial charge in [0.25, 0.3) is 11.6 Å². The van der Waals surface area contributed by atoms with Crippen LogP contribution in [0.5, 0.6) is 17.2 Å². The fourth-order valence-electron chi connectivity index (χ4n) is 4.37. The van der Waals surface area contributed by atoms with Crippen molar-refractivity contribution in [2.75, 3.05) is 27.3 Å². The van der Waals surface area contributed by atoms with Gasteiger partial charge in [0.15, 0.2) is 17.3 Å². The molecule has 174 valence electrons. The van der Waals surface area contributed by atoms with Crippen LogP contribution in [0.1, 0.15) is 45.5 Å². The topological polar surface area (TPSA) is 108 Å². The van der Waals surface area contributed by atoms with E-state index in [0.29, 0.717) is 42.3 Å². The molecule has 1 saturated heterocycles. The van der Waals surface area contributed by atoms with Crippen LogP contribution in [-0.4, -0.2) is 54.4 Å². The summed E-state index contributed by atoms with van der Waals surface area (Å²) in [6, 6.07) is 5.91. The molecule has 9 nitrogen and oxygen atoms in total. The lowest BCUT2D eigenvalue weighted by Crippen LogP contribution is -2.52. The summed E-state index contributed by atoms with van der Waals surface area (Å²) in [5.41, 5.74) is 0.127. The number of piperidine rings is 1. The minimum absolute atomic E-state index is 0.0477. The number of carbonyl (C=O) groups is 2. The van der Waals surface area contributed by atoms with E-state index in [4.69, 9.17) is 25.8 Å². The molecule has 2 aliphatic heterocycles. The molecule has 0 aliphatic carbocycles. The molecule has 4 rings (SSSR count). The molecule has 33 heavy (non-hydrogen) atoms. The third-order valence-corrected chi connectivity index (χ3v) is 6.67. The third-order valence-electron chi connectivity index (χ3n) is 6.26. The van der Waals surface area contributed by atoms with Gasteiger partial charge in [0.1, 0.15) is 16.9 Å². The molecule has 2 aromatic rings. The Morgan fingerprint density at radius 3 is 2.39 bits per heavy atom. The molecule has 1 fully saturated rings. The van der Waals surface area contributed by atoms with E-state index in [1.165, 1.54) is 31.3 Å². The summed E-state index contributed by atoms with van der Waals surface area (Å²) < 4.78 is 16.6. The van der Waals surface area contributed by atoms with Crippen LogP contribution in [0.2, 0.25) is 5.02 Å². The number of ether oxygens (including phenoxy) is 3. The Bertz CT molecular complexity index is 1160. The van der Waals surface area contributed by atoms with Crippen LogP contribution < -0.4 is 14.2 Å². The van der Waals surface area contributed by atoms with Crippen LogP contribution in [0.3, 0.4) is 0 Å². The number of ketones is 1. The summed E-state index contributed by atoms with van der Waals surface area (Å²) >= 11 is 6.16. The van der Waals surface area contributed by atoms with Gasteiger partial charge >= 0.3 is 0 Å². The Kier molecular flexibility index (Phi) is 5.92. The number of hydrogen-bond acceptors (Lipinski definition) is 7. The number of Topliss-reactive ketones (excluding diaryl/α,β-unsaturated/α-hetero) is 1. The number of nitro benzene ring substituents is 1. The van der Waals surface area contributed by atoms with Gasteiger partial charge in [-0.25, -0.2) is 0 Å². The maximum Gasteiger partial charge on any atom is 0.286 e. The minimum atomic E-state index is -0.718. The first-order valence-corrected chi connectivity index (χ1v) is 10.8. The maximum absolute atomic E-state index is 13.2. The van der Waals surface area contributed by atoms with E-state index in [1.54, 1.807) is 12.1 Å². The number of benzene rings is 2. The summed E-state index contributed by atoms with van der Waals surface area (Å²) in [6.07, 6.45) is 1.04. The van der Waals surface area contributed by atoms with Crippen molar-refractivity contribution < 1.29 is 28.7 Å². The van der Waals surface area contributed by atoms with Gasteiger partial charge in [0.05, 0.1) is 37.2 Å². The first kappa shape index (κ1) is 22.8. The molecule has 0 aromatic heterocycles. The molecule has 1 spiro atoms. The van der Waals surface area contributed by atoms with E-state index >= 15 is 0 Å². The molecular weight excluding hydrogens is 452 g/mol. The molecule has 0 saturated carbocycles. The SMILES string of the molecule is COc1cc(C(=O)N2CCC3(CC2)CC(=O)c2cc(Cl)c(C)cc2O3)c([N+](=O)[O-])cc1OC. The molecule has 2 heterocycles. The Morgan fingerprint density at radius 1 is 1.15 bits per heavy atom. The quantitative estimate of drug-likeness (QED) is 0.482. The van der Waals surface area contributed by atoms with Crippen molar-refractivity contribution in [1.29, 1.82) is 0 Å². The van der Waals surface area contributed by atoms with Crippen molar-refractivity contribution in [2.45, 2.75) is 31.8 Å². The predicted octanol–water partition coefficient (Wildman–Crippen LogP) is 4.21. The lowest BCUT2D eigenvalue weighted by molar-refractivity contribution is -0.385.